The molecule has 0 amide bonds. The fourth-order valence-corrected chi connectivity index (χ4v) is 3.04. The van der Waals surface area contributed by atoms with Gasteiger partial charge >= 0.3 is 0 Å². The van der Waals surface area contributed by atoms with Crippen molar-refractivity contribution in [1.82, 2.24) is 5.32 Å². The minimum atomic E-state index is 0.239. The molecule has 0 spiro atoms. The molecule has 0 saturated carbocycles. The summed E-state index contributed by atoms with van der Waals surface area (Å²) in [4.78, 5) is 1.94. The van der Waals surface area contributed by atoms with Crippen molar-refractivity contribution < 1.29 is 9.84 Å². The van der Waals surface area contributed by atoms with Crippen LogP contribution in [-0.2, 0) is 13.1 Å². The standard InChI is InChI=1S/C22H22N2O2S/c1-26-21-14-8-6-12-19(21)24(16-18-11-5-7-13-20(18)25)22(27)23-15-17-9-3-2-4-10-17/h2-14,25H,15-16H2,1H3,(H,23,27). The Kier molecular flexibility index (Phi) is 6.28. The lowest BCUT2D eigenvalue weighted by molar-refractivity contribution is 0.415. The van der Waals surface area contributed by atoms with Crippen molar-refractivity contribution >= 4 is 23.0 Å². The first-order valence-corrected chi connectivity index (χ1v) is 9.09. The molecule has 0 saturated heterocycles. The van der Waals surface area contributed by atoms with Gasteiger partial charge in [-0.25, -0.2) is 0 Å². The SMILES string of the molecule is COc1ccccc1N(Cc1ccccc1O)C(=S)NCc1ccccc1. The van der Waals surface area contributed by atoms with Crippen molar-refractivity contribution in [2.45, 2.75) is 13.1 Å². The van der Waals surface area contributed by atoms with Crippen LogP contribution in [0.4, 0.5) is 5.69 Å². The van der Waals surface area contributed by atoms with Gasteiger partial charge in [-0.2, -0.15) is 0 Å². The van der Waals surface area contributed by atoms with Gasteiger partial charge in [0.2, 0.25) is 0 Å². The van der Waals surface area contributed by atoms with Crippen LogP contribution in [0.25, 0.3) is 0 Å². The summed E-state index contributed by atoms with van der Waals surface area (Å²) < 4.78 is 5.52. The quantitative estimate of drug-likeness (QED) is 0.619. The highest BCUT2D eigenvalue weighted by Crippen LogP contribution is 2.30. The Bertz CT molecular complexity index is 900. The summed E-state index contributed by atoms with van der Waals surface area (Å²) >= 11 is 5.68. The topological polar surface area (TPSA) is 44.7 Å². The Balaban J connectivity index is 1.87. The molecule has 0 aromatic heterocycles. The average Bonchev–Trinajstić information content (AvgIpc) is 2.72. The summed E-state index contributed by atoms with van der Waals surface area (Å²) in [5.74, 6) is 0.958. The van der Waals surface area contributed by atoms with Crippen molar-refractivity contribution in [2.75, 3.05) is 12.0 Å². The summed E-state index contributed by atoms with van der Waals surface area (Å²) in [5, 5.41) is 14.1. The molecular weight excluding hydrogens is 356 g/mol. The first kappa shape index (κ1) is 18.7. The highest BCUT2D eigenvalue weighted by molar-refractivity contribution is 7.80. The van der Waals surface area contributed by atoms with Crippen molar-refractivity contribution in [3.63, 3.8) is 0 Å². The molecule has 0 heterocycles. The summed E-state index contributed by atoms with van der Waals surface area (Å²) in [5.41, 5.74) is 2.77. The van der Waals surface area contributed by atoms with Gasteiger partial charge in [0.05, 0.1) is 19.3 Å². The number of thiocarbonyl (C=S) groups is 1. The van der Waals surface area contributed by atoms with Gasteiger partial charge in [-0.1, -0.05) is 60.7 Å². The largest absolute Gasteiger partial charge is 0.508 e. The van der Waals surface area contributed by atoms with Gasteiger partial charge in [-0.15, -0.1) is 0 Å². The number of methoxy groups -OCH3 is 1. The third-order valence-corrected chi connectivity index (χ3v) is 4.59. The third kappa shape index (κ3) is 4.77. The second-order valence-corrected chi connectivity index (χ2v) is 6.42. The zero-order chi connectivity index (χ0) is 19.1. The molecule has 4 nitrogen and oxygen atoms in total. The van der Waals surface area contributed by atoms with Gasteiger partial charge < -0.3 is 20.1 Å². The molecular formula is C22H22N2O2S. The number of hydrogen-bond acceptors (Lipinski definition) is 3. The highest BCUT2D eigenvalue weighted by Gasteiger charge is 2.18. The number of nitrogens with zero attached hydrogens (tertiary/aromatic N) is 1. The summed E-state index contributed by atoms with van der Waals surface area (Å²) in [6, 6.07) is 25.1. The lowest BCUT2D eigenvalue weighted by Crippen LogP contribution is -2.39. The fourth-order valence-electron chi connectivity index (χ4n) is 2.80. The number of rotatable bonds is 6. The van der Waals surface area contributed by atoms with Crippen molar-refractivity contribution in [3.05, 3.63) is 90.0 Å². The van der Waals surface area contributed by atoms with Crippen LogP contribution in [0.5, 0.6) is 11.5 Å². The van der Waals surface area contributed by atoms with Gasteiger partial charge in [-0.05, 0) is 36.0 Å². The molecule has 3 aromatic rings. The van der Waals surface area contributed by atoms with Crippen LogP contribution in [0, 0.1) is 0 Å². The maximum absolute atomic E-state index is 10.2. The van der Waals surface area contributed by atoms with E-state index >= 15 is 0 Å². The molecule has 0 aliphatic carbocycles. The molecule has 27 heavy (non-hydrogen) atoms. The summed E-state index contributed by atoms with van der Waals surface area (Å²) in [6.07, 6.45) is 0. The molecule has 0 aliphatic heterocycles. The van der Waals surface area contributed by atoms with Gasteiger partial charge in [0, 0.05) is 12.1 Å². The van der Waals surface area contributed by atoms with E-state index in [-0.39, 0.29) is 5.75 Å². The van der Waals surface area contributed by atoms with E-state index in [4.69, 9.17) is 17.0 Å². The molecule has 3 rings (SSSR count). The number of phenolic OH excluding ortho intramolecular Hbond substituents is 1. The van der Waals surface area contributed by atoms with Crippen LogP contribution in [0.2, 0.25) is 0 Å². The van der Waals surface area contributed by atoms with Crippen LogP contribution in [0.15, 0.2) is 78.9 Å². The fraction of sp³-hybridized carbons (Fsp3) is 0.136. The molecule has 0 bridgehead atoms. The Hall–Kier alpha value is -3.05. The number of benzene rings is 3. The summed E-state index contributed by atoms with van der Waals surface area (Å²) in [7, 11) is 1.64. The predicted octanol–water partition coefficient (Wildman–Crippen LogP) is 4.48. The Morgan fingerprint density at radius 1 is 0.963 bits per heavy atom. The second kappa shape index (κ2) is 9.05. The molecule has 2 N–H and O–H groups in total. The normalized spacial score (nSPS) is 10.3. The zero-order valence-electron chi connectivity index (χ0n) is 15.1. The second-order valence-electron chi connectivity index (χ2n) is 6.03. The first-order chi connectivity index (χ1) is 13.2. The number of phenols is 1. The van der Waals surface area contributed by atoms with Crippen LogP contribution < -0.4 is 15.0 Å². The van der Waals surface area contributed by atoms with Crippen molar-refractivity contribution in [1.29, 1.82) is 0 Å². The van der Waals surface area contributed by atoms with Gasteiger partial charge in [0.1, 0.15) is 11.5 Å². The van der Waals surface area contributed by atoms with Crippen LogP contribution in [0.3, 0.4) is 0 Å². The Morgan fingerprint density at radius 3 is 2.37 bits per heavy atom. The van der Waals surface area contributed by atoms with E-state index in [0.717, 1.165) is 22.6 Å². The average molecular weight is 378 g/mol. The summed E-state index contributed by atoms with van der Waals surface area (Å²) in [6.45, 7) is 1.04. The van der Waals surface area contributed by atoms with Crippen LogP contribution >= 0.6 is 12.2 Å². The minimum absolute atomic E-state index is 0.239. The highest BCUT2D eigenvalue weighted by atomic mass is 32.1. The smallest absolute Gasteiger partial charge is 0.174 e. The van der Waals surface area contributed by atoms with Crippen molar-refractivity contribution in [3.8, 4) is 11.5 Å². The molecule has 0 radical (unpaired) electrons. The van der Waals surface area contributed by atoms with E-state index in [9.17, 15) is 5.11 Å². The number of anilines is 1. The lowest BCUT2D eigenvalue weighted by atomic mass is 10.1. The zero-order valence-corrected chi connectivity index (χ0v) is 15.9. The maximum Gasteiger partial charge on any atom is 0.174 e. The lowest BCUT2D eigenvalue weighted by Gasteiger charge is -2.28. The Morgan fingerprint density at radius 2 is 1.63 bits per heavy atom. The number of nitrogens with one attached hydrogen (secondary N) is 1. The van der Waals surface area contributed by atoms with E-state index in [2.05, 4.69) is 5.32 Å². The van der Waals surface area contributed by atoms with Gasteiger partial charge in [0.25, 0.3) is 0 Å². The van der Waals surface area contributed by atoms with E-state index in [1.807, 2.05) is 71.6 Å². The van der Waals surface area contributed by atoms with E-state index < -0.39 is 0 Å². The maximum atomic E-state index is 10.2. The molecule has 0 unspecified atom stereocenters. The van der Waals surface area contributed by atoms with Crippen LogP contribution in [-0.4, -0.2) is 17.3 Å². The van der Waals surface area contributed by atoms with E-state index in [1.54, 1.807) is 19.2 Å². The molecule has 0 atom stereocenters. The molecule has 138 valence electrons. The van der Waals surface area contributed by atoms with Crippen molar-refractivity contribution in [2.24, 2.45) is 0 Å². The Labute approximate surface area is 165 Å². The number of para-hydroxylation sites is 3. The minimum Gasteiger partial charge on any atom is -0.508 e. The number of hydrogen-bond donors (Lipinski definition) is 2. The monoisotopic (exact) mass is 378 g/mol. The van der Waals surface area contributed by atoms with E-state index in [0.29, 0.717) is 18.2 Å². The van der Waals surface area contributed by atoms with Gasteiger partial charge in [-0.3, -0.25) is 0 Å². The third-order valence-electron chi connectivity index (χ3n) is 4.23. The molecule has 3 aromatic carbocycles. The predicted molar refractivity (Wildman–Crippen MR) is 113 cm³/mol. The number of ether oxygens (including phenoxy) is 1. The first-order valence-electron chi connectivity index (χ1n) is 8.68. The molecule has 0 fully saturated rings. The molecule has 5 heteroatoms. The molecule has 0 aliphatic rings. The van der Waals surface area contributed by atoms with E-state index in [1.165, 1.54) is 0 Å². The van der Waals surface area contributed by atoms with Crippen LogP contribution in [0.1, 0.15) is 11.1 Å². The number of aromatic hydroxyl groups is 1. The van der Waals surface area contributed by atoms with Gasteiger partial charge in [0.15, 0.2) is 5.11 Å².